The molecule has 32 heavy (non-hydrogen) atoms. The third kappa shape index (κ3) is 4.38. The Kier molecular flexibility index (Phi) is 6.52. The van der Waals surface area contributed by atoms with E-state index in [9.17, 15) is 15.3 Å². The van der Waals surface area contributed by atoms with Gasteiger partial charge in [-0.25, -0.2) is 4.98 Å². The van der Waals surface area contributed by atoms with Gasteiger partial charge in [-0.1, -0.05) is 18.5 Å². The van der Waals surface area contributed by atoms with E-state index in [-0.39, 0.29) is 17.8 Å². The Hall–Kier alpha value is -2.46. The van der Waals surface area contributed by atoms with Gasteiger partial charge < -0.3 is 30.4 Å². The van der Waals surface area contributed by atoms with Crippen molar-refractivity contribution in [2.75, 3.05) is 17.2 Å². The summed E-state index contributed by atoms with van der Waals surface area (Å²) in [6.45, 7) is 5.73. The minimum absolute atomic E-state index is 0.0761. The van der Waals surface area contributed by atoms with Crippen LogP contribution >= 0.6 is 11.6 Å². The first-order valence-corrected chi connectivity index (χ1v) is 11.1. The maximum absolute atomic E-state index is 10.5. The molecule has 1 fully saturated rings. The van der Waals surface area contributed by atoms with Gasteiger partial charge in [-0.2, -0.15) is 4.98 Å². The molecule has 4 atom stereocenters. The van der Waals surface area contributed by atoms with E-state index in [4.69, 9.17) is 16.0 Å². The number of pyridine rings is 1. The van der Waals surface area contributed by atoms with Crippen molar-refractivity contribution in [1.29, 1.82) is 0 Å². The fraction of sp³-hybridized carbons (Fsp3) is 0.500. The van der Waals surface area contributed by atoms with Gasteiger partial charge in [0.05, 0.1) is 23.9 Å². The Morgan fingerprint density at radius 3 is 2.66 bits per heavy atom. The van der Waals surface area contributed by atoms with Crippen molar-refractivity contribution >= 4 is 34.3 Å². The van der Waals surface area contributed by atoms with Crippen LogP contribution < -0.4 is 10.6 Å². The normalized spacial score (nSPS) is 23.2. The molecule has 1 saturated carbocycles. The number of anilines is 2. The number of hydrogen-bond donors (Lipinski definition) is 5. The molecule has 3 aromatic rings. The second-order valence-electron chi connectivity index (χ2n) is 8.45. The number of nitrogens with one attached hydrogen (secondary N) is 2. The van der Waals surface area contributed by atoms with Gasteiger partial charge in [0.25, 0.3) is 0 Å². The molecule has 4 unspecified atom stereocenters. The Labute approximate surface area is 190 Å². The highest BCUT2D eigenvalue weighted by atomic mass is 35.5. The Balaban J connectivity index is 1.77. The lowest BCUT2D eigenvalue weighted by Gasteiger charge is -2.21. The van der Waals surface area contributed by atoms with Crippen molar-refractivity contribution in [3.8, 4) is 11.3 Å². The van der Waals surface area contributed by atoms with Crippen molar-refractivity contribution in [1.82, 2.24) is 15.0 Å². The highest BCUT2D eigenvalue weighted by molar-refractivity contribution is 6.32. The Morgan fingerprint density at radius 1 is 1.22 bits per heavy atom. The molecule has 0 spiro atoms. The monoisotopic (exact) mass is 461 g/mol. The van der Waals surface area contributed by atoms with Crippen LogP contribution in [0.3, 0.4) is 0 Å². The quantitative estimate of drug-likeness (QED) is 0.336. The van der Waals surface area contributed by atoms with E-state index in [2.05, 4.69) is 25.6 Å². The number of furan rings is 1. The maximum atomic E-state index is 10.5. The topological polar surface area (TPSA) is 137 Å². The Morgan fingerprint density at radius 2 is 2.00 bits per heavy atom. The summed E-state index contributed by atoms with van der Waals surface area (Å²) >= 11 is 6.59. The number of aromatic nitrogens is 3. The van der Waals surface area contributed by atoms with Crippen LogP contribution in [0.5, 0.6) is 0 Å². The fourth-order valence-corrected chi connectivity index (χ4v) is 4.27. The third-order valence-electron chi connectivity index (χ3n) is 5.71. The summed E-state index contributed by atoms with van der Waals surface area (Å²) < 4.78 is 6.01. The van der Waals surface area contributed by atoms with Gasteiger partial charge in [-0.3, -0.25) is 4.98 Å². The van der Waals surface area contributed by atoms with E-state index in [0.29, 0.717) is 35.1 Å². The number of fused-ring (bicyclic) bond motifs is 1. The number of rotatable bonds is 7. The van der Waals surface area contributed by atoms with Crippen molar-refractivity contribution < 1.29 is 19.7 Å². The van der Waals surface area contributed by atoms with Crippen LogP contribution in [0, 0.1) is 5.92 Å². The summed E-state index contributed by atoms with van der Waals surface area (Å²) in [6.07, 6.45) is 0.753. The maximum Gasteiger partial charge on any atom is 0.226 e. The molecule has 0 radical (unpaired) electrons. The minimum Gasteiger partial charge on any atom is -0.454 e. The summed E-state index contributed by atoms with van der Waals surface area (Å²) in [4.78, 5) is 13.3. The van der Waals surface area contributed by atoms with E-state index >= 15 is 0 Å². The molecule has 172 valence electrons. The predicted octanol–water partition coefficient (Wildman–Crippen LogP) is 2.84. The molecule has 9 nitrogen and oxygen atoms in total. The number of hydrogen-bond acceptors (Lipinski definition) is 9. The second kappa shape index (κ2) is 9.19. The molecule has 3 aromatic heterocycles. The average molecular weight is 462 g/mol. The second-order valence-corrected chi connectivity index (χ2v) is 8.81. The number of nitrogens with zero attached hydrogens (tertiary/aromatic N) is 3. The van der Waals surface area contributed by atoms with E-state index < -0.39 is 24.2 Å². The molecule has 5 N–H and O–H groups in total. The van der Waals surface area contributed by atoms with Gasteiger partial charge in [-0.15, -0.1) is 0 Å². The van der Waals surface area contributed by atoms with Gasteiger partial charge in [-0.05, 0) is 38.8 Å². The van der Waals surface area contributed by atoms with Gasteiger partial charge in [0.1, 0.15) is 22.8 Å². The van der Waals surface area contributed by atoms with Gasteiger partial charge in [0, 0.05) is 29.6 Å². The molecule has 10 heteroatoms. The van der Waals surface area contributed by atoms with Gasteiger partial charge >= 0.3 is 0 Å². The van der Waals surface area contributed by atoms with Gasteiger partial charge in [0.2, 0.25) is 5.95 Å². The highest BCUT2D eigenvalue weighted by Gasteiger charge is 2.41. The van der Waals surface area contributed by atoms with Crippen LogP contribution in [0.2, 0.25) is 5.15 Å². The molecule has 1 aliphatic carbocycles. The molecule has 1 aliphatic rings. The van der Waals surface area contributed by atoms with Crippen LogP contribution in [-0.4, -0.2) is 61.2 Å². The molecule has 0 amide bonds. The van der Waals surface area contributed by atoms with Crippen LogP contribution in [0.15, 0.2) is 22.7 Å². The molecule has 0 aromatic carbocycles. The first kappa shape index (κ1) is 22.7. The summed E-state index contributed by atoms with van der Waals surface area (Å²) in [6, 6.07) is 3.36. The Bertz CT molecular complexity index is 1110. The first-order valence-electron chi connectivity index (χ1n) is 10.8. The number of halogens is 1. The number of aliphatic hydroxyl groups excluding tert-OH is 3. The van der Waals surface area contributed by atoms with E-state index in [1.807, 2.05) is 32.9 Å². The average Bonchev–Trinajstić information content (AvgIpc) is 3.28. The summed E-state index contributed by atoms with van der Waals surface area (Å²) in [5, 5.41) is 37.6. The van der Waals surface area contributed by atoms with Crippen molar-refractivity contribution in [3.63, 3.8) is 0 Å². The minimum atomic E-state index is -1.07. The zero-order valence-corrected chi connectivity index (χ0v) is 19.0. The number of aliphatic hydroxyl groups is 3. The van der Waals surface area contributed by atoms with Crippen LogP contribution in [-0.2, 0) is 6.42 Å². The highest BCUT2D eigenvalue weighted by Crippen LogP contribution is 2.39. The molecule has 0 saturated heterocycles. The van der Waals surface area contributed by atoms with Crippen molar-refractivity contribution in [2.24, 2.45) is 5.92 Å². The van der Waals surface area contributed by atoms with Gasteiger partial charge in [0.15, 0.2) is 5.58 Å². The van der Waals surface area contributed by atoms with Crippen molar-refractivity contribution in [2.45, 2.75) is 57.9 Å². The SMILES string of the molecule is CCc1cc2cc(-c3c(Cl)nc(NC(C)C)nc3NC3CC(CO)C(O)C3O)oc2cn1. The summed E-state index contributed by atoms with van der Waals surface area (Å²) in [7, 11) is 0. The van der Waals surface area contributed by atoms with E-state index in [1.54, 1.807) is 6.20 Å². The van der Waals surface area contributed by atoms with Crippen molar-refractivity contribution in [3.05, 3.63) is 29.2 Å². The largest absolute Gasteiger partial charge is 0.454 e. The van der Waals surface area contributed by atoms with Crippen LogP contribution in [0.4, 0.5) is 11.8 Å². The smallest absolute Gasteiger partial charge is 0.226 e. The molecule has 4 rings (SSSR count). The lowest BCUT2D eigenvalue weighted by molar-refractivity contribution is 0.00446. The zero-order valence-electron chi connectivity index (χ0n) is 18.2. The summed E-state index contributed by atoms with van der Waals surface area (Å²) in [5.74, 6) is 0.728. The number of aryl methyl sites for hydroxylation is 1. The summed E-state index contributed by atoms with van der Waals surface area (Å²) in [5.41, 5.74) is 2.00. The standard InChI is InChI=1S/C22H28ClN5O4/c1-4-13-5-11-7-15(32-16(11)8-24-13)17-20(23)27-22(25-10(2)3)28-21(17)26-14-6-12(9-29)18(30)19(14)31/h5,7-8,10,12,14,18-19,29-31H,4,6,9H2,1-3H3,(H2,25,26,27,28). The van der Waals surface area contributed by atoms with E-state index in [1.165, 1.54) is 0 Å². The first-order chi connectivity index (χ1) is 15.3. The lowest BCUT2D eigenvalue weighted by atomic mass is 10.1. The van der Waals surface area contributed by atoms with Crippen LogP contribution in [0.25, 0.3) is 22.3 Å². The lowest BCUT2D eigenvalue weighted by Crippen LogP contribution is -2.35. The predicted molar refractivity (Wildman–Crippen MR) is 123 cm³/mol. The third-order valence-corrected chi connectivity index (χ3v) is 5.98. The molecular formula is C22H28ClN5O4. The van der Waals surface area contributed by atoms with E-state index in [0.717, 1.165) is 17.5 Å². The molecular weight excluding hydrogens is 434 g/mol. The molecule has 0 bridgehead atoms. The fourth-order valence-electron chi connectivity index (χ4n) is 4.01. The zero-order chi connectivity index (χ0) is 23.0. The molecule has 0 aliphatic heterocycles. The molecule has 3 heterocycles. The van der Waals surface area contributed by atoms with Crippen LogP contribution in [0.1, 0.15) is 32.9 Å².